The Bertz CT molecular complexity index is 304. The summed E-state index contributed by atoms with van der Waals surface area (Å²) in [6, 6.07) is 9.87. The Balaban J connectivity index is 2.17. The molecule has 0 saturated heterocycles. The molecule has 0 amide bonds. The number of carbonyl (C=O) groups excluding carboxylic acids is 1. The van der Waals surface area contributed by atoms with Crippen LogP contribution in [-0.4, -0.2) is 18.5 Å². The predicted octanol–water partition coefficient (Wildman–Crippen LogP) is 3.00. The number of rotatable bonds is 7. The first kappa shape index (κ1) is 12.9. The second-order valence-electron chi connectivity index (χ2n) is 4.22. The molecule has 2 nitrogen and oxygen atoms in total. The van der Waals surface area contributed by atoms with Crippen LogP contribution in [0.1, 0.15) is 32.3 Å². The maximum absolute atomic E-state index is 11.6. The second-order valence-corrected chi connectivity index (χ2v) is 4.22. The minimum Gasteiger partial charge on any atom is -0.379 e. The summed E-state index contributed by atoms with van der Waals surface area (Å²) in [5, 5.41) is 0. The van der Waals surface area contributed by atoms with Crippen molar-refractivity contribution < 1.29 is 9.53 Å². The van der Waals surface area contributed by atoms with Gasteiger partial charge in [0.15, 0.2) is 0 Å². The average molecular weight is 220 g/mol. The molecule has 1 aromatic carbocycles. The lowest BCUT2D eigenvalue weighted by atomic mass is 10.1. The van der Waals surface area contributed by atoms with Crippen LogP contribution < -0.4 is 0 Å². The molecule has 0 spiro atoms. The second kappa shape index (κ2) is 7.18. The van der Waals surface area contributed by atoms with E-state index in [1.54, 1.807) is 0 Å². The van der Waals surface area contributed by atoms with Crippen LogP contribution in [0.4, 0.5) is 0 Å². The maximum atomic E-state index is 11.6. The quantitative estimate of drug-likeness (QED) is 0.660. The molecule has 16 heavy (non-hydrogen) atoms. The molecule has 0 unspecified atom stereocenters. The van der Waals surface area contributed by atoms with Crippen molar-refractivity contribution >= 4 is 5.78 Å². The molecule has 0 aliphatic heterocycles. The lowest BCUT2D eigenvalue weighted by molar-refractivity contribution is -0.118. The smallest absolute Gasteiger partial charge is 0.137 e. The first-order chi connectivity index (χ1) is 7.68. The Morgan fingerprint density at radius 1 is 1.25 bits per heavy atom. The number of ether oxygens (including phenoxy) is 1. The first-order valence-corrected chi connectivity index (χ1v) is 5.85. The molecule has 0 aliphatic carbocycles. The molecular weight excluding hydrogens is 200 g/mol. The molecule has 0 N–H and O–H groups in total. The first-order valence-electron chi connectivity index (χ1n) is 5.85. The molecule has 0 aromatic heterocycles. The van der Waals surface area contributed by atoms with Crippen molar-refractivity contribution in [2.75, 3.05) is 6.61 Å². The van der Waals surface area contributed by atoms with Crippen LogP contribution in [0.2, 0.25) is 0 Å². The Labute approximate surface area is 97.6 Å². The topological polar surface area (TPSA) is 26.3 Å². The van der Waals surface area contributed by atoms with Crippen molar-refractivity contribution in [3.63, 3.8) is 0 Å². The maximum Gasteiger partial charge on any atom is 0.137 e. The molecule has 0 saturated carbocycles. The molecule has 0 heterocycles. The minimum atomic E-state index is 0.254. The van der Waals surface area contributed by atoms with Gasteiger partial charge in [-0.2, -0.15) is 0 Å². The third kappa shape index (κ3) is 5.66. The Morgan fingerprint density at radius 3 is 2.56 bits per heavy atom. The summed E-state index contributed by atoms with van der Waals surface area (Å²) in [6.07, 6.45) is 2.23. The summed E-state index contributed by atoms with van der Waals surface area (Å²) < 4.78 is 5.39. The van der Waals surface area contributed by atoms with Gasteiger partial charge in [0.2, 0.25) is 0 Å². The minimum absolute atomic E-state index is 0.254. The summed E-state index contributed by atoms with van der Waals surface area (Å²) in [7, 11) is 0. The molecule has 1 aromatic rings. The molecule has 0 bridgehead atoms. The fourth-order valence-electron chi connectivity index (χ4n) is 1.50. The Kier molecular flexibility index (Phi) is 5.79. The molecular formula is C14H20O2. The molecule has 0 fully saturated rings. The fraction of sp³-hybridized carbons (Fsp3) is 0.500. The monoisotopic (exact) mass is 220 g/mol. The molecule has 0 radical (unpaired) electrons. The van der Waals surface area contributed by atoms with Crippen LogP contribution >= 0.6 is 0 Å². The third-order valence-electron chi connectivity index (χ3n) is 2.30. The van der Waals surface area contributed by atoms with Gasteiger partial charge in [0.25, 0.3) is 0 Å². The van der Waals surface area contributed by atoms with Gasteiger partial charge < -0.3 is 4.74 Å². The van der Waals surface area contributed by atoms with Crippen molar-refractivity contribution in [3.8, 4) is 0 Å². The van der Waals surface area contributed by atoms with Gasteiger partial charge in [0.05, 0.1) is 6.10 Å². The lowest BCUT2D eigenvalue weighted by Gasteiger charge is -2.06. The summed E-state index contributed by atoms with van der Waals surface area (Å²) in [4.78, 5) is 11.6. The predicted molar refractivity (Wildman–Crippen MR) is 65.5 cm³/mol. The zero-order valence-electron chi connectivity index (χ0n) is 10.1. The highest BCUT2D eigenvalue weighted by Gasteiger charge is 2.03. The van der Waals surface area contributed by atoms with Crippen LogP contribution in [0.3, 0.4) is 0 Å². The molecule has 0 atom stereocenters. The van der Waals surface area contributed by atoms with Gasteiger partial charge in [0.1, 0.15) is 5.78 Å². The van der Waals surface area contributed by atoms with E-state index < -0.39 is 0 Å². The number of ketones is 1. The van der Waals surface area contributed by atoms with E-state index in [1.807, 2.05) is 44.2 Å². The van der Waals surface area contributed by atoms with E-state index in [0.717, 1.165) is 12.0 Å². The molecule has 1 rings (SSSR count). The zero-order valence-corrected chi connectivity index (χ0v) is 10.1. The number of hydrogen-bond acceptors (Lipinski definition) is 2. The molecule has 0 aliphatic rings. The van der Waals surface area contributed by atoms with Gasteiger partial charge in [-0.3, -0.25) is 4.79 Å². The normalized spacial score (nSPS) is 10.7. The van der Waals surface area contributed by atoms with Gasteiger partial charge in [-0.1, -0.05) is 30.3 Å². The van der Waals surface area contributed by atoms with Crippen molar-refractivity contribution in [1.29, 1.82) is 0 Å². The highest BCUT2D eigenvalue weighted by Crippen LogP contribution is 2.04. The zero-order chi connectivity index (χ0) is 11.8. The molecule has 88 valence electrons. The Morgan fingerprint density at radius 2 is 1.94 bits per heavy atom. The largest absolute Gasteiger partial charge is 0.379 e. The van der Waals surface area contributed by atoms with Crippen molar-refractivity contribution in [2.45, 2.75) is 39.2 Å². The van der Waals surface area contributed by atoms with Crippen LogP contribution in [0.15, 0.2) is 30.3 Å². The van der Waals surface area contributed by atoms with Gasteiger partial charge >= 0.3 is 0 Å². The number of carbonyl (C=O) groups is 1. The summed E-state index contributed by atoms with van der Waals surface area (Å²) in [6.45, 7) is 4.69. The van der Waals surface area contributed by atoms with Crippen LogP contribution in [0.5, 0.6) is 0 Å². The van der Waals surface area contributed by atoms with Gasteiger partial charge in [-0.25, -0.2) is 0 Å². The third-order valence-corrected chi connectivity index (χ3v) is 2.30. The van der Waals surface area contributed by atoms with Crippen molar-refractivity contribution in [2.24, 2.45) is 0 Å². The number of benzene rings is 1. The van der Waals surface area contributed by atoms with Crippen molar-refractivity contribution in [3.05, 3.63) is 35.9 Å². The number of Topliss-reactive ketones (excluding diaryl/α,β-unsaturated/α-hetero) is 1. The highest BCUT2D eigenvalue weighted by atomic mass is 16.5. The SMILES string of the molecule is CC(C)OCCCC(=O)Cc1ccccc1. The van der Waals surface area contributed by atoms with Gasteiger partial charge in [-0.05, 0) is 25.8 Å². The van der Waals surface area contributed by atoms with E-state index in [0.29, 0.717) is 25.2 Å². The summed E-state index contributed by atoms with van der Waals surface area (Å²) >= 11 is 0. The van der Waals surface area contributed by atoms with Crippen LogP contribution in [0.25, 0.3) is 0 Å². The average Bonchev–Trinajstić information content (AvgIpc) is 2.25. The van der Waals surface area contributed by atoms with E-state index in [2.05, 4.69) is 0 Å². The highest BCUT2D eigenvalue weighted by molar-refractivity contribution is 5.80. The van der Waals surface area contributed by atoms with Gasteiger partial charge in [0, 0.05) is 19.4 Å². The van der Waals surface area contributed by atoms with Crippen LogP contribution in [0, 0.1) is 0 Å². The summed E-state index contributed by atoms with van der Waals surface area (Å²) in [5.74, 6) is 0.290. The number of hydrogen-bond donors (Lipinski definition) is 0. The fourth-order valence-corrected chi connectivity index (χ4v) is 1.50. The van der Waals surface area contributed by atoms with E-state index in [-0.39, 0.29) is 6.10 Å². The van der Waals surface area contributed by atoms with Gasteiger partial charge in [-0.15, -0.1) is 0 Å². The lowest BCUT2D eigenvalue weighted by Crippen LogP contribution is -2.07. The standard InChI is InChI=1S/C14H20O2/c1-12(2)16-10-6-9-14(15)11-13-7-4-3-5-8-13/h3-5,7-8,12H,6,9-11H2,1-2H3. The Hall–Kier alpha value is -1.15. The van der Waals surface area contributed by atoms with E-state index >= 15 is 0 Å². The molecule has 2 heteroatoms. The van der Waals surface area contributed by atoms with E-state index in [9.17, 15) is 4.79 Å². The van der Waals surface area contributed by atoms with Crippen LogP contribution in [-0.2, 0) is 16.0 Å². The van der Waals surface area contributed by atoms with E-state index in [1.165, 1.54) is 0 Å². The van der Waals surface area contributed by atoms with E-state index in [4.69, 9.17) is 4.74 Å². The summed E-state index contributed by atoms with van der Waals surface area (Å²) in [5.41, 5.74) is 1.09. The van der Waals surface area contributed by atoms with Crippen molar-refractivity contribution in [1.82, 2.24) is 0 Å².